The molecule has 0 radical (unpaired) electrons. The van der Waals surface area contributed by atoms with E-state index >= 15 is 0 Å². The van der Waals surface area contributed by atoms with Crippen molar-refractivity contribution in [3.8, 4) is 11.5 Å². The molecule has 2 heterocycles. The molecule has 12 heteroatoms. The Morgan fingerprint density at radius 1 is 0.681 bits per heavy atom. The molecule has 3 aliphatic rings. The summed E-state index contributed by atoms with van der Waals surface area (Å²) in [5, 5.41) is 78.7. The molecular formula is C35H45NO11. The first-order valence-corrected chi connectivity index (χ1v) is 15.5. The number of carbonyl (C=O) groups is 4. The van der Waals surface area contributed by atoms with E-state index in [0.717, 1.165) is 6.08 Å². The SMILES string of the molecule is CC1=C2NC(=O)/C=C\C=C\[C@H](C)[C@H](O)[C@@H](C)[C@@H](O)[C@@H](C)[C@H](O)[C@H](C)[C@@H](O)[C@@H](CO)/C=C(\C)C(=O)c3c(O)c(C)c(O)c(c3C1=O)C2=O. The normalized spacial score (nSPS) is 34.1. The van der Waals surface area contributed by atoms with Crippen LogP contribution >= 0.6 is 0 Å². The Bertz CT molecular complexity index is 1570. The van der Waals surface area contributed by atoms with E-state index in [1.165, 1.54) is 45.9 Å². The van der Waals surface area contributed by atoms with E-state index in [4.69, 9.17) is 0 Å². The van der Waals surface area contributed by atoms with Crippen molar-refractivity contribution in [3.63, 3.8) is 0 Å². The first-order valence-electron chi connectivity index (χ1n) is 15.5. The molecule has 0 fully saturated rings. The fraction of sp³-hybridized carbons (Fsp3) is 0.486. The maximum absolute atomic E-state index is 13.8. The molecule has 1 aliphatic carbocycles. The first kappa shape index (κ1) is 37.5. The second kappa shape index (κ2) is 14.9. The summed E-state index contributed by atoms with van der Waals surface area (Å²) in [5.74, 6) is -9.26. The summed E-state index contributed by atoms with van der Waals surface area (Å²) in [4.78, 5) is 53.9. The van der Waals surface area contributed by atoms with Gasteiger partial charge in [-0.1, -0.05) is 52.0 Å². The van der Waals surface area contributed by atoms with Gasteiger partial charge in [0.1, 0.15) is 11.5 Å². The van der Waals surface area contributed by atoms with Crippen molar-refractivity contribution in [2.45, 2.75) is 72.9 Å². The van der Waals surface area contributed by atoms with Crippen LogP contribution in [0.1, 0.15) is 78.2 Å². The van der Waals surface area contributed by atoms with E-state index in [0.29, 0.717) is 0 Å². The number of fused-ring (bicyclic) bond motifs is 15. The molecule has 256 valence electrons. The van der Waals surface area contributed by atoms with Crippen LogP contribution < -0.4 is 5.32 Å². The number of phenols is 2. The van der Waals surface area contributed by atoms with Gasteiger partial charge in [-0.15, -0.1) is 0 Å². The molecule has 0 unspecified atom stereocenters. The van der Waals surface area contributed by atoms with E-state index in [1.54, 1.807) is 26.8 Å². The molecule has 9 atom stereocenters. The maximum Gasteiger partial charge on any atom is 0.248 e. The summed E-state index contributed by atoms with van der Waals surface area (Å²) in [6.07, 6.45) is 1.66. The van der Waals surface area contributed by atoms with Gasteiger partial charge in [0.15, 0.2) is 11.6 Å². The quantitative estimate of drug-likeness (QED) is 0.219. The Hall–Kier alpha value is -3.94. The minimum Gasteiger partial charge on any atom is -0.507 e. The van der Waals surface area contributed by atoms with Crippen LogP contribution in [0, 0.1) is 36.5 Å². The lowest BCUT2D eigenvalue weighted by Crippen LogP contribution is -2.46. The molecule has 47 heavy (non-hydrogen) atoms. The number of allylic oxidation sites excluding steroid dienone is 5. The molecule has 0 spiro atoms. The Morgan fingerprint density at radius 2 is 1.19 bits per heavy atom. The van der Waals surface area contributed by atoms with Gasteiger partial charge >= 0.3 is 0 Å². The lowest BCUT2D eigenvalue weighted by atomic mass is 9.76. The molecule has 8 N–H and O–H groups in total. The zero-order valence-corrected chi connectivity index (χ0v) is 27.6. The molecule has 1 aromatic carbocycles. The number of phenolic OH excluding ortho intramolecular Hbond substituents is 2. The molecule has 0 saturated carbocycles. The number of carbonyl (C=O) groups excluding carboxylic acids is 4. The van der Waals surface area contributed by atoms with Gasteiger partial charge in [0.05, 0.1) is 53.4 Å². The Balaban J connectivity index is 2.24. The zero-order chi connectivity index (χ0) is 35.7. The monoisotopic (exact) mass is 655 g/mol. The number of aliphatic hydroxyl groups excluding tert-OH is 5. The van der Waals surface area contributed by atoms with Crippen LogP contribution in [-0.2, 0) is 4.79 Å². The second-order valence-corrected chi connectivity index (χ2v) is 12.8. The van der Waals surface area contributed by atoms with E-state index < -0.39 is 118 Å². The molecule has 4 rings (SSSR count). The predicted molar refractivity (Wildman–Crippen MR) is 172 cm³/mol. The van der Waals surface area contributed by atoms with Crippen molar-refractivity contribution in [1.82, 2.24) is 5.32 Å². The van der Waals surface area contributed by atoms with Gasteiger partial charge in [0.25, 0.3) is 0 Å². The van der Waals surface area contributed by atoms with E-state index in [-0.39, 0.29) is 16.7 Å². The number of benzene rings is 1. The summed E-state index contributed by atoms with van der Waals surface area (Å²) in [5.41, 5.74) is -2.80. The van der Waals surface area contributed by atoms with Gasteiger partial charge in [-0.25, -0.2) is 0 Å². The lowest BCUT2D eigenvalue weighted by molar-refractivity contribution is -0.115. The second-order valence-electron chi connectivity index (χ2n) is 12.8. The van der Waals surface area contributed by atoms with E-state index in [1.807, 2.05) is 0 Å². The molecule has 0 aromatic heterocycles. The lowest BCUT2D eigenvalue weighted by Gasteiger charge is -2.37. The highest BCUT2D eigenvalue weighted by atomic mass is 16.3. The number of ketones is 3. The third-order valence-electron chi connectivity index (χ3n) is 9.57. The number of rotatable bonds is 1. The standard InChI is InChI=1S/C35H45NO11/c1-14-10-8-9-11-22(38)36-26-16(3)32(44)23-24(33(45)20(7)34(46)25(23)35(26)47)28(40)15(2)12-21(13-37)31(43)19(6)30(42)18(5)29(41)17(4)27(14)39/h8-12,14,17-19,21,27,29-31,37,39,41-43,45-46H,13H2,1-7H3,(H,36,38)/b10-8+,11-9-,15-12+/t14-,17+,18+,19-,21+,27-,29+,30-,31+/m0/s1. The topological polar surface area (TPSA) is 222 Å². The Morgan fingerprint density at radius 3 is 1.74 bits per heavy atom. The van der Waals surface area contributed by atoms with Crippen LogP contribution in [0.4, 0.5) is 0 Å². The van der Waals surface area contributed by atoms with Crippen LogP contribution in [0.25, 0.3) is 0 Å². The smallest absolute Gasteiger partial charge is 0.248 e. The molecule has 1 aromatic rings. The highest BCUT2D eigenvalue weighted by Crippen LogP contribution is 2.43. The summed E-state index contributed by atoms with van der Waals surface area (Å²) in [6.45, 7) is 9.49. The molecule has 1 amide bonds. The third-order valence-corrected chi connectivity index (χ3v) is 9.57. The van der Waals surface area contributed by atoms with Gasteiger partial charge in [-0.05, 0) is 26.3 Å². The van der Waals surface area contributed by atoms with Gasteiger partial charge in [0.2, 0.25) is 11.7 Å². The molecular weight excluding hydrogens is 610 g/mol. The van der Waals surface area contributed by atoms with Gasteiger partial charge in [0, 0.05) is 46.8 Å². The van der Waals surface area contributed by atoms with Crippen molar-refractivity contribution >= 4 is 23.3 Å². The number of hydrogen-bond donors (Lipinski definition) is 8. The number of Topliss-reactive ketones (excluding diaryl/α,β-unsaturated/α-hetero) is 3. The van der Waals surface area contributed by atoms with Gasteiger partial charge < -0.3 is 41.1 Å². The number of amides is 1. The van der Waals surface area contributed by atoms with Crippen LogP contribution in [0.3, 0.4) is 0 Å². The Kier molecular flexibility index (Phi) is 11.9. The fourth-order valence-corrected chi connectivity index (χ4v) is 6.21. The van der Waals surface area contributed by atoms with Crippen LogP contribution in [-0.4, -0.2) is 90.0 Å². The Labute approximate surface area is 273 Å². The average Bonchev–Trinajstić information content (AvgIpc) is 3.05. The van der Waals surface area contributed by atoms with Crippen molar-refractivity contribution in [2.75, 3.05) is 6.61 Å². The number of aliphatic hydroxyl groups is 5. The molecule has 12 nitrogen and oxygen atoms in total. The predicted octanol–water partition coefficient (Wildman–Crippen LogP) is 2.03. The van der Waals surface area contributed by atoms with Crippen molar-refractivity contribution in [2.24, 2.45) is 29.6 Å². The highest BCUT2D eigenvalue weighted by molar-refractivity contribution is 6.32. The van der Waals surface area contributed by atoms with Crippen LogP contribution in [0.2, 0.25) is 0 Å². The minimum atomic E-state index is -1.44. The van der Waals surface area contributed by atoms with Crippen LogP contribution in [0.15, 0.2) is 47.2 Å². The highest BCUT2D eigenvalue weighted by Gasteiger charge is 2.41. The fourth-order valence-electron chi connectivity index (χ4n) is 6.21. The summed E-state index contributed by atoms with van der Waals surface area (Å²) in [7, 11) is 0. The molecule has 0 saturated heterocycles. The van der Waals surface area contributed by atoms with Gasteiger partial charge in [-0.2, -0.15) is 0 Å². The number of nitrogens with one attached hydrogen (secondary N) is 1. The van der Waals surface area contributed by atoms with Crippen molar-refractivity contribution in [1.29, 1.82) is 0 Å². The maximum atomic E-state index is 13.8. The zero-order valence-electron chi connectivity index (χ0n) is 27.6. The first-order chi connectivity index (χ1) is 21.9. The minimum absolute atomic E-state index is 0.136. The van der Waals surface area contributed by atoms with E-state index in [2.05, 4.69) is 5.32 Å². The molecule has 4 bridgehead atoms. The summed E-state index contributed by atoms with van der Waals surface area (Å²) < 4.78 is 0. The average molecular weight is 656 g/mol. The summed E-state index contributed by atoms with van der Waals surface area (Å²) >= 11 is 0. The molecule has 2 aliphatic heterocycles. The van der Waals surface area contributed by atoms with Crippen LogP contribution in [0.5, 0.6) is 11.5 Å². The van der Waals surface area contributed by atoms with Gasteiger partial charge in [-0.3, -0.25) is 19.2 Å². The van der Waals surface area contributed by atoms with Crippen molar-refractivity contribution < 1.29 is 54.9 Å². The number of aromatic hydroxyl groups is 2. The number of hydrogen-bond acceptors (Lipinski definition) is 11. The third kappa shape index (κ3) is 7.16. The summed E-state index contributed by atoms with van der Waals surface area (Å²) in [6, 6.07) is 0. The largest absolute Gasteiger partial charge is 0.507 e. The van der Waals surface area contributed by atoms with Crippen molar-refractivity contribution in [3.05, 3.63) is 69.5 Å². The van der Waals surface area contributed by atoms with E-state index in [9.17, 15) is 54.9 Å².